The van der Waals surface area contributed by atoms with Gasteiger partial charge in [-0.3, -0.25) is 0 Å². The molecule has 2 unspecified atom stereocenters. The van der Waals surface area contributed by atoms with E-state index in [4.69, 9.17) is 9.47 Å². The molecule has 1 aromatic carbocycles. The average Bonchev–Trinajstić information content (AvgIpc) is 2.49. The second-order valence-electron chi connectivity index (χ2n) is 5.22. The minimum absolute atomic E-state index is 0.0131. The lowest BCUT2D eigenvalue weighted by molar-refractivity contribution is -0.00864. The van der Waals surface area contributed by atoms with Crippen LogP contribution in [0.5, 0.6) is 5.75 Å². The van der Waals surface area contributed by atoms with Gasteiger partial charge in [0.1, 0.15) is 11.6 Å². The number of nitrogens with one attached hydrogen (secondary N) is 1. The normalized spacial score (nSPS) is 20.6. The van der Waals surface area contributed by atoms with Gasteiger partial charge in [-0.1, -0.05) is 6.92 Å². The molecule has 112 valence electrons. The number of benzene rings is 1. The fourth-order valence-corrected chi connectivity index (χ4v) is 2.72. The summed E-state index contributed by atoms with van der Waals surface area (Å²) in [6.07, 6.45) is 4.39. The maximum Gasteiger partial charge on any atom is 0.123 e. The Labute approximate surface area is 120 Å². The molecule has 0 bridgehead atoms. The van der Waals surface area contributed by atoms with Gasteiger partial charge in [-0.2, -0.15) is 0 Å². The Morgan fingerprint density at radius 2 is 2.30 bits per heavy atom. The van der Waals surface area contributed by atoms with Crippen molar-refractivity contribution < 1.29 is 13.9 Å². The van der Waals surface area contributed by atoms with Gasteiger partial charge in [0.2, 0.25) is 0 Å². The number of rotatable bonds is 6. The summed E-state index contributed by atoms with van der Waals surface area (Å²) in [6, 6.07) is 4.67. The Hall–Kier alpha value is -1.13. The molecule has 0 aromatic heterocycles. The third-order valence-corrected chi connectivity index (χ3v) is 3.73. The van der Waals surface area contributed by atoms with Gasteiger partial charge in [0.05, 0.1) is 19.3 Å². The molecule has 1 fully saturated rings. The van der Waals surface area contributed by atoms with Crippen molar-refractivity contribution in [3.05, 3.63) is 29.6 Å². The molecule has 1 saturated heterocycles. The van der Waals surface area contributed by atoms with Crippen molar-refractivity contribution in [2.24, 2.45) is 0 Å². The van der Waals surface area contributed by atoms with Crippen LogP contribution in [0.15, 0.2) is 18.2 Å². The van der Waals surface area contributed by atoms with E-state index in [2.05, 4.69) is 12.2 Å². The minimum Gasteiger partial charge on any atom is -0.496 e. The number of methoxy groups -OCH3 is 1. The third kappa shape index (κ3) is 3.70. The van der Waals surface area contributed by atoms with Gasteiger partial charge in [0.25, 0.3) is 0 Å². The lowest BCUT2D eigenvalue weighted by Crippen LogP contribution is -2.36. The van der Waals surface area contributed by atoms with Crippen LogP contribution in [-0.2, 0) is 4.74 Å². The molecule has 0 spiro atoms. The molecular formula is C16H24FNO2. The zero-order valence-electron chi connectivity index (χ0n) is 12.3. The fourth-order valence-electron chi connectivity index (χ4n) is 2.72. The van der Waals surface area contributed by atoms with Crippen molar-refractivity contribution in [1.82, 2.24) is 5.32 Å². The summed E-state index contributed by atoms with van der Waals surface area (Å²) >= 11 is 0. The number of ether oxygens (including phenoxy) is 2. The van der Waals surface area contributed by atoms with E-state index in [0.717, 1.165) is 44.4 Å². The van der Waals surface area contributed by atoms with Crippen molar-refractivity contribution in [3.63, 3.8) is 0 Å². The van der Waals surface area contributed by atoms with E-state index >= 15 is 0 Å². The molecule has 1 aliphatic rings. The highest BCUT2D eigenvalue weighted by Gasteiger charge is 2.28. The second kappa shape index (κ2) is 7.60. The average molecular weight is 281 g/mol. The summed E-state index contributed by atoms with van der Waals surface area (Å²) in [4.78, 5) is 0. The van der Waals surface area contributed by atoms with Crippen molar-refractivity contribution in [2.45, 2.75) is 44.8 Å². The van der Waals surface area contributed by atoms with E-state index < -0.39 is 0 Å². The van der Waals surface area contributed by atoms with Crippen LogP contribution < -0.4 is 10.1 Å². The summed E-state index contributed by atoms with van der Waals surface area (Å²) in [5.74, 6) is 0.481. The molecule has 1 N–H and O–H groups in total. The smallest absolute Gasteiger partial charge is 0.123 e. The van der Waals surface area contributed by atoms with Gasteiger partial charge in [-0.25, -0.2) is 4.39 Å². The summed E-state index contributed by atoms with van der Waals surface area (Å²) in [6.45, 7) is 3.78. The van der Waals surface area contributed by atoms with E-state index in [1.54, 1.807) is 19.2 Å². The molecule has 0 radical (unpaired) electrons. The lowest BCUT2D eigenvalue weighted by atomic mass is 9.94. The van der Waals surface area contributed by atoms with Crippen molar-refractivity contribution in [3.8, 4) is 5.75 Å². The predicted molar refractivity (Wildman–Crippen MR) is 77.6 cm³/mol. The second-order valence-corrected chi connectivity index (χ2v) is 5.22. The molecule has 2 rings (SSSR count). The zero-order valence-corrected chi connectivity index (χ0v) is 12.3. The largest absolute Gasteiger partial charge is 0.496 e. The minimum atomic E-state index is -0.236. The van der Waals surface area contributed by atoms with Crippen molar-refractivity contribution >= 4 is 0 Å². The molecule has 20 heavy (non-hydrogen) atoms. The topological polar surface area (TPSA) is 30.5 Å². The Bertz CT molecular complexity index is 419. The zero-order chi connectivity index (χ0) is 14.4. The van der Waals surface area contributed by atoms with E-state index in [1.165, 1.54) is 6.07 Å². The van der Waals surface area contributed by atoms with Gasteiger partial charge in [0.15, 0.2) is 0 Å². The summed E-state index contributed by atoms with van der Waals surface area (Å²) in [7, 11) is 1.62. The van der Waals surface area contributed by atoms with Gasteiger partial charge in [-0.15, -0.1) is 0 Å². The van der Waals surface area contributed by atoms with Crippen LogP contribution in [0, 0.1) is 5.82 Å². The first-order valence-corrected chi connectivity index (χ1v) is 7.44. The van der Waals surface area contributed by atoms with Crippen LogP contribution >= 0.6 is 0 Å². The van der Waals surface area contributed by atoms with Crippen LogP contribution in [0.2, 0.25) is 0 Å². The predicted octanol–water partition coefficient (Wildman–Crippen LogP) is 3.44. The van der Waals surface area contributed by atoms with Crippen LogP contribution in [0.25, 0.3) is 0 Å². The highest BCUT2D eigenvalue weighted by Crippen LogP contribution is 2.32. The molecule has 1 aliphatic heterocycles. The Morgan fingerprint density at radius 3 is 2.95 bits per heavy atom. The van der Waals surface area contributed by atoms with Crippen LogP contribution in [0.3, 0.4) is 0 Å². The highest BCUT2D eigenvalue weighted by molar-refractivity contribution is 5.37. The van der Waals surface area contributed by atoms with Crippen molar-refractivity contribution in [2.75, 3.05) is 20.3 Å². The molecule has 0 amide bonds. The highest BCUT2D eigenvalue weighted by atomic mass is 19.1. The SMILES string of the molecule is CCCNC(c1cc(F)ccc1OC)C1CCCCO1. The summed E-state index contributed by atoms with van der Waals surface area (Å²) in [5.41, 5.74) is 0.854. The molecule has 1 aromatic rings. The van der Waals surface area contributed by atoms with Crippen LogP contribution in [0.1, 0.15) is 44.2 Å². The number of halogens is 1. The first-order valence-electron chi connectivity index (χ1n) is 7.44. The molecule has 4 heteroatoms. The molecule has 0 saturated carbocycles. The van der Waals surface area contributed by atoms with E-state index in [0.29, 0.717) is 5.75 Å². The maximum atomic E-state index is 13.6. The first-order chi connectivity index (χ1) is 9.76. The lowest BCUT2D eigenvalue weighted by Gasteiger charge is -2.32. The number of hydrogen-bond acceptors (Lipinski definition) is 3. The van der Waals surface area contributed by atoms with Gasteiger partial charge in [0, 0.05) is 12.2 Å². The van der Waals surface area contributed by atoms with E-state index in [-0.39, 0.29) is 18.0 Å². The monoisotopic (exact) mass is 281 g/mol. The van der Waals surface area contributed by atoms with Gasteiger partial charge in [-0.05, 0) is 50.4 Å². The standard InChI is InChI=1S/C16H24FNO2/c1-3-9-18-16(15-6-4-5-10-20-15)13-11-12(17)7-8-14(13)19-2/h7-8,11,15-16,18H,3-6,9-10H2,1-2H3. The summed E-state index contributed by atoms with van der Waals surface area (Å²) < 4.78 is 24.9. The first kappa shape index (κ1) is 15.3. The van der Waals surface area contributed by atoms with Crippen molar-refractivity contribution in [1.29, 1.82) is 0 Å². The fraction of sp³-hybridized carbons (Fsp3) is 0.625. The van der Waals surface area contributed by atoms with Gasteiger partial charge >= 0.3 is 0 Å². The van der Waals surface area contributed by atoms with E-state index in [1.807, 2.05) is 0 Å². The molecule has 3 nitrogen and oxygen atoms in total. The molecular weight excluding hydrogens is 257 g/mol. The van der Waals surface area contributed by atoms with E-state index in [9.17, 15) is 4.39 Å². The maximum absolute atomic E-state index is 13.6. The van der Waals surface area contributed by atoms with Gasteiger partial charge < -0.3 is 14.8 Å². The molecule has 2 atom stereocenters. The Kier molecular flexibility index (Phi) is 5.80. The Balaban J connectivity index is 2.26. The quantitative estimate of drug-likeness (QED) is 0.866. The summed E-state index contributed by atoms with van der Waals surface area (Å²) in [5, 5.41) is 3.49. The number of hydrogen-bond donors (Lipinski definition) is 1. The van der Waals surface area contributed by atoms with Crippen LogP contribution in [-0.4, -0.2) is 26.4 Å². The third-order valence-electron chi connectivity index (χ3n) is 3.73. The molecule has 0 aliphatic carbocycles. The molecule has 1 heterocycles. The Morgan fingerprint density at radius 1 is 1.45 bits per heavy atom. The van der Waals surface area contributed by atoms with Crippen LogP contribution in [0.4, 0.5) is 4.39 Å².